The number of nitrogens with zero attached hydrogens (tertiary/aromatic N) is 3. The van der Waals surface area contributed by atoms with Gasteiger partial charge in [0.25, 0.3) is 5.91 Å². The number of carbonyl (C=O) groups excluding carboxylic acids is 1. The number of amides is 1. The van der Waals surface area contributed by atoms with E-state index in [0.717, 1.165) is 43.2 Å². The van der Waals surface area contributed by atoms with Crippen molar-refractivity contribution in [3.8, 4) is 28.4 Å². The highest BCUT2D eigenvalue weighted by atomic mass is 16.5. The predicted octanol–water partition coefficient (Wildman–Crippen LogP) is 4.65. The lowest BCUT2D eigenvalue weighted by Crippen LogP contribution is -2.36. The van der Waals surface area contributed by atoms with Crippen LogP contribution in [-0.4, -0.2) is 56.2 Å². The van der Waals surface area contributed by atoms with Crippen LogP contribution in [0.4, 0.5) is 11.4 Å². The van der Waals surface area contributed by atoms with Crippen molar-refractivity contribution < 1.29 is 19.0 Å². The zero-order valence-corrected chi connectivity index (χ0v) is 20.3. The molecule has 1 aromatic heterocycles. The maximum atomic E-state index is 13.5. The molecular formula is C28H28N4O4. The summed E-state index contributed by atoms with van der Waals surface area (Å²) in [6.07, 6.45) is 1.75. The van der Waals surface area contributed by atoms with Crippen LogP contribution in [0, 0.1) is 0 Å². The number of anilines is 2. The topological polar surface area (TPSA) is 77.9 Å². The molecule has 0 spiro atoms. The molecule has 2 heterocycles. The summed E-state index contributed by atoms with van der Waals surface area (Å²) in [6, 6.07) is 23.1. The number of hydrogen-bond acceptors (Lipinski definition) is 6. The normalized spacial score (nSPS) is 13.3. The fourth-order valence-electron chi connectivity index (χ4n) is 4.23. The van der Waals surface area contributed by atoms with E-state index in [1.54, 1.807) is 25.1 Å². The second kappa shape index (κ2) is 10.5. The van der Waals surface area contributed by atoms with E-state index in [9.17, 15) is 4.79 Å². The molecule has 1 aliphatic heterocycles. The first-order valence-electron chi connectivity index (χ1n) is 11.8. The number of rotatable bonds is 7. The lowest BCUT2D eigenvalue weighted by molar-refractivity contribution is 0.102. The molecule has 0 atom stereocenters. The molecule has 1 amide bonds. The molecule has 0 saturated carbocycles. The molecule has 4 aromatic rings. The molecule has 5 rings (SSSR count). The SMILES string of the molecule is COc1ccc(-c2nn(-c3ccccc3)cc2C(=O)Nc2ccc(N3CCOCC3)cc2)cc1OC. The summed E-state index contributed by atoms with van der Waals surface area (Å²) in [5, 5.41) is 7.78. The molecule has 0 unspecified atom stereocenters. The van der Waals surface area contributed by atoms with Crippen molar-refractivity contribution in [1.29, 1.82) is 0 Å². The van der Waals surface area contributed by atoms with Gasteiger partial charge in [-0.05, 0) is 54.6 Å². The molecule has 0 radical (unpaired) electrons. The third-order valence-electron chi connectivity index (χ3n) is 6.14. The van der Waals surface area contributed by atoms with Gasteiger partial charge < -0.3 is 24.4 Å². The minimum atomic E-state index is -0.249. The largest absolute Gasteiger partial charge is 0.493 e. The van der Waals surface area contributed by atoms with Crippen molar-refractivity contribution >= 4 is 17.3 Å². The van der Waals surface area contributed by atoms with Gasteiger partial charge in [0, 0.05) is 36.2 Å². The van der Waals surface area contributed by atoms with Gasteiger partial charge in [-0.2, -0.15) is 5.10 Å². The zero-order valence-electron chi connectivity index (χ0n) is 20.3. The van der Waals surface area contributed by atoms with Crippen molar-refractivity contribution in [3.63, 3.8) is 0 Å². The summed E-state index contributed by atoms with van der Waals surface area (Å²) >= 11 is 0. The van der Waals surface area contributed by atoms with Gasteiger partial charge in [0.15, 0.2) is 11.5 Å². The molecule has 36 heavy (non-hydrogen) atoms. The van der Waals surface area contributed by atoms with Gasteiger partial charge in [-0.3, -0.25) is 4.79 Å². The van der Waals surface area contributed by atoms with Crippen molar-refractivity contribution in [3.05, 3.63) is 84.6 Å². The minimum Gasteiger partial charge on any atom is -0.493 e. The van der Waals surface area contributed by atoms with Gasteiger partial charge in [0.2, 0.25) is 0 Å². The summed E-state index contributed by atoms with van der Waals surface area (Å²) in [5.74, 6) is 0.922. The van der Waals surface area contributed by atoms with Gasteiger partial charge >= 0.3 is 0 Å². The Morgan fingerprint density at radius 2 is 1.61 bits per heavy atom. The van der Waals surface area contributed by atoms with Crippen LogP contribution >= 0.6 is 0 Å². The van der Waals surface area contributed by atoms with Crippen molar-refractivity contribution in [1.82, 2.24) is 9.78 Å². The Kier molecular flexibility index (Phi) is 6.86. The molecule has 8 heteroatoms. The highest BCUT2D eigenvalue weighted by molar-refractivity contribution is 6.08. The standard InChI is InChI=1S/C28H28N4O4/c1-34-25-13-8-20(18-26(25)35-2)27-24(19-32(30-27)23-6-4-3-5-7-23)28(33)29-21-9-11-22(12-10-21)31-14-16-36-17-15-31/h3-13,18-19H,14-17H2,1-2H3,(H,29,33). The maximum absolute atomic E-state index is 13.5. The molecule has 184 valence electrons. The van der Waals surface area contributed by atoms with E-state index in [2.05, 4.69) is 10.2 Å². The number of morpholine rings is 1. The smallest absolute Gasteiger partial charge is 0.259 e. The number of para-hydroxylation sites is 1. The summed E-state index contributed by atoms with van der Waals surface area (Å²) in [4.78, 5) is 15.7. The lowest BCUT2D eigenvalue weighted by atomic mass is 10.1. The number of hydrogen-bond donors (Lipinski definition) is 1. The lowest BCUT2D eigenvalue weighted by Gasteiger charge is -2.28. The third kappa shape index (κ3) is 4.89. The Morgan fingerprint density at radius 3 is 2.31 bits per heavy atom. The molecule has 3 aromatic carbocycles. The first-order chi connectivity index (χ1) is 17.7. The molecule has 1 aliphatic rings. The van der Waals surface area contributed by atoms with Crippen LogP contribution < -0.4 is 19.7 Å². The van der Waals surface area contributed by atoms with Gasteiger partial charge in [-0.25, -0.2) is 4.68 Å². The molecule has 8 nitrogen and oxygen atoms in total. The van der Waals surface area contributed by atoms with Crippen LogP contribution in [0.1, 0.15) is 10.4 Å². The fraction of sp³-hybridized carbons (Fsp3) is 0.214. The summed E-state index contributed by atoms with van der Waals surface area (Å²) in [6.45, 7) is 3.17. The summed E-state index contributed by atoms with van der Waals surface area (Å²) < 4.78 is 18.0. The number of methoxy groups -OCH3 is 2. The van der Waals surface area contributed by atoms with Gasteiger partial charge in [-0.1, -0.05) is 18.2 Å². The zero-order chi connectivity index (χ0) is 24.9. The molecule has 0 aliphatic carbocycles. The Hall–Kier alpha value is -4.30. The van der Waals surface area contributed by atoms with E-state index in [1.165, 1.54) is 0 Å². The second-order valence-corrected chi connectivity index (χ2v) is 8.34. The quantitative estimate of drug-likeness (QED) is 0.412. The van der Waals surface area contributed by atoms with Crippen LogP contribution in [0.25, 0.3) is 16.9 Å². The summed E-state index contributed by atoms with van der Waals surface area (Å²) in [7, 11) is 3.17. The molecule has 0 bridgehead atoms. The van der Waals surface area contributed by atoms with E-state index in [-0.39, 0.29) is 5.91 Å². The fourth-order valence-corrected chi connectivity index (χ4v) is 4.23. The van der Waals surface area contributed by atoms with Crippen LogP contribution in [0.5, 0.6) is 11.5 Å². The predicted molar refractivity (Wildman–Crippen MR) is 140 cm³/mol. The Balaban J connectivity index is 1.46. The Bertz CT molecular complexity index is 1330. The molecule has 1 N–H and O–H groups in total. The van der Waals surface area contributed by atoms with E-state index in [4.69, 9.17) is 19.3 Å². The highest BCUT2D eigenvalue weighted by Gasteiger charge is 2.21. The van der Waals surface area contributed by atoms with E-state index in [1.807, 2.05) is 72.8 Å². The van der Waals surface area contributed by atoms with E-state index < -0.39 is 0 Å². The highest BCUT2D eigenvalue weighted by Crippen LogP contribution is 2.33. The number of ether oxygens (including phenoxy) is 3. The Morgan fingerprint density at radius 1 is 0.889 bits per heavy atom. The number of nitrogens with one attached hydrogen (secondary N) is 1. The third-order valence-corrected chi connectivity index (χ3v) is 6.14. The number of carbonyl (C=O) groups is 1. The average molecular weight is 485 g/mol. The molecule has 1 fully saturated rings. The van der Waals surface area contributed by atoms with Gasteiger partial charge in [0.1, 0.15) is 5.69 Å². The first kappa shape index (κ1) is 23.4. The van der Waals surface area contributed by atoms with Gasteiger partial charge in [0.05, 0.1) is 38.7 Å². The Labute approximate surface area is 210 Å². The van der Waals surface area contributed by atoms with Crippen molar-refractivity contribution in [2.24, 2.45) is 0 Å². The van der Waals surface area contributed by atoms with Crippen LogP contribution in [0.15, 0.2) is 79.0 Å². The van der Waals surface area contributed by atoms with E-state index in [0.29, 0.717) is 28.4 Å². The van der Waals surface area contributed by atoms with Gasteiger partial charge in [-0.15, -0.1) is 0 Å². The number of aromatic nitrogens is 2. The van der Waals surface area contributed by atoms with Crippen LogP contribution in [-0.2, 0) is 4.74 Å². The van der Waals surface area contributed by atoms with Crippen molar-refractivity contribution in [2.45, 2.75) is 0 Å². The van der Waals surface area contributed by atoms with E-state index >= 15 is 0 Å². The summed E-state index contributed by atoms with van der Waals surface area (Å²) in [5.41, 5.74) is 4.41. The first-order valence-corrected chi connectivity index (χ1v) is 11.8. The minimum absolute atomic E-state index is 0.249. The monoisotopic (exact) mass is 484 g/mol. The molecule has 1 saturated heterocycles. The van der Waals surface area contributed by atoms with Crippen LogP contribution in [0.2, 0.25) is 0 Å². The van der Waals surface area contributed by atoms with Crippen molar-refractivity contribution in [2.75, 3.05) is 50.7 Å². The average Bonchev–Trinajstić information content (AvgIpc) is 3.40. The maximum Gasteiger partial charge on any atom is 0.259 e. The second-order valence-electron chi connectivity index (χ2n) is 8.34. The van der Waals surface area contributed by atoms with Crippen LogP contribution in [0.3, 0.4) is 0 Å². The molecular weight excluding hydrogens is 456 g/mol. The number of benzene rings is 3.